The molecule has 0 bridgehead atoms. The summed E-state index contributed by atoms with van der Waals surface area (Å²) < 4.78 is 25.3. The van der Waals surface area contributed by atoms with Crippen molar-refractivity contribution in [1.82, 2.24) is 4.31 Å². The molecule has 0 saturated carbocycles. The first kappa shape index (κ1) is 13.7. The first-order valence-electron chi connectivity index (χ1n) is 5.02. The highest BCUT2D eigenvalue weighted by Crippen LogP contribution is 2.37. The normalized spacial score (nSPS) is 21.3. The molecule has 1 saturated heterocycles. The van der Waals surface area contributed by atoms with Crippen LogP contribution in [0.5, 0.6) is 0 Å². The first-order valence-corrected chi connectivity index (χ1v) is 7.65. The van der Waals surface area contributed by atoms with Crippen molar-refractivity contribution in [2.45, 2.75) is 16.7 Å². The lowest BCUT2D eigenvalue weighted by molar-refractivity contribution is -0.384. The predicted molar refractivity (Wildman–Crippen MR) is 67.3 cm³/mol. The highest BCUT2D eigenvalue weighted by molar-refractivity contribution is 7.91. The molecule has 2 rings (SSSR count). The summed E-state index contributed by atoms with van der Waals surface area (Å²) in [4.78, 5) is 9.93. The SMILES string of the molecule is N[C@H]1CCN(S(=O)(=O)c2cc([N+](=O)[O-])c(Cl)s2)C1. The van der Waals surface area contributed by atoms with Gasteiger partial charge in [0.15, 0.2) is 4.34 Å². The topological polar surface area (TPSA) is 107 Å². The van der Waals surface area contributed by atoms with E-state index in [1.807, 2.05) is 0 Å². The standard InChI is InChI=1S/C8H10ClN3O4S2/c9-8-6(12(13)14)3-7(17-8)18(15,16)11-2-1-5(10)4-11/h3,5H,1-2,4,10H2/t5-/m0/s1. The van der Waals surface area contributed by atoms with Crippen molar-refractivity contribution in [2.24, 2.45) is 5.73 Å². The van der Waals surface area contributed by atoms with Crippen LogP contribution in [0.2, 0.25) is 4.34 Å². The lowest BCUT2D eigenvalue weighted by Gasteiger charge is -2.13. The smallest absolute Gasteiger partial charge is 0.300 e. The number of halogens is 1. The number of nitro groups is 1. The van der Waals surface area contributed by atoms with E-state index in [1.54, 1.807) is 0 Å². The number of sulfonamides is 1. The second-order valence-electron chi connectivity index (χ2n) is 3.89. The van der Waals surface area contributed by atoms with Crippen LogP contribution in [-0.2, 0) is 10.0 Å². The molecule has 7 nitrogen and oxygen atoms in total. The maximum Gasteiger partial charge on any atom is 0.300 e. The maximum atomic E-state index is 12.2. The number of nitrogens with two attached hydrogens (primary N) is 1. The van der Waals surface area contributed by atoms with Gasteiger partial charge in [0.2, 0.25) is 0 Å². The van der Waals surface area contributed by atoms with E-state index in [-0.39, 0.29) is 26.8 Å². The summed E-state index contributed by atoms with van der Waals surface area (Å²) in [6.45, 7) is 0.554. The average Bonchev–Trinajstić information content (AvgIpc) is 2.84. The third-order valence-electron chi connectivity index (χ3n) is 2.62. The fourth-order valence-electron chi connectivity index (χ4n) is 1.69. The van der Waals surface area contributed by atoms with Gasteiger partial charge in [-0.25, -0.2) is 8.42 Å². The second-order valence-corrected chi connectivity index (χ2v) is 7.71. The molecular weight excluding hydrogens is 302 g/mol. The molecule has 0 radical (unpaired) electrons. The molecule has 0 unspecified atom stereocenters. The summed E-state index contributed by atoms with van der Waals surface area (Å²) in [7, 11) is -3.72. The van der Waals surface area contributed by atoms with Crippen molar-refractivity contribution in [3.8, 4) is 0 Å². The van der Waals surface area contributed by atoms with Gasteiger partial charge in [-0.3, -0.25) is 10.1 Å². The quantitative estimate of drug-likeness (QED) is 0.663. The van der Waals surface area contributed by atoms with Gasteiger partial charge in [-0.2, -0.15) is 4.31 Å². The van der Waals surface area contributed by atoms with E-state index in [0.29, 0.717) is 24.3 Å². The molecule has 2 N–H and O–H groups in total. The summed E-state index contributed by atoms with van der Waals surface area (Å²) in [5.41, 5.74) is 5.26. The molecule has 0 amide bonds. The van der Waals surface area contributed by atoms with Crippen molar-refractivity contribution in [3.63, 3.8) is 0 Å². The number of hydrogen-bond acceptors (Lipinski definition) is 6. The van der Waals surface area contributed by atoms with E-state index >= 15 is 0 Å². The van der Waals surface area contributed by atoms with Crippen LogP contribution in [0.3, 0.4) is 0 Å². The molecule has 1 fully saturated rings. The van der Waals surface area contributed by atoms with Gasteiger partial charge in [0.25, 0.3) is 15.7 Å². The Bertz CT molecular complexity index is 585. The molecule has 1 aliphatic heterocycles. The van der Waals surface area contributed by atoms with Crippen LogP contribution in [0.15, 0.2) is 10.3 Å². The van der Waals surface area contributed by atoms with E-state index in [9.17, 15) is 18.5 Å². The van der Waals surface area contributed by atoms with Crippen molar-refractivity contribution in [1.29, 1.82) is 0 Å². The summed E-state index contributed by atoms with van der Waals surface area (Å²) in [6, 6.07) is 0.803. The van der Waals surface area contributed by atoms with Crippen LogP contribution in [0, 0.1) is 10.1 Å². The molecule has 0 aromatic carbocycles. The van der Waals surface area contributed by atoms with E-state index in [0.717, 1.165) is 6.07 Å². The molecule has 100 valence electrons. The second kappa shape index (κ2) is 4.74. The number of thiophene rings is 1. The molecule has 0 aliphatic carbocycles. The Kier molecular flexibility index (Phi) is 3.60. The van der Waals surface area contributed by atoms with Crippen LogP contribution in [-0.4, -0.2) is 36.8 Å². The van der Waals surface area contributed by atoms with Crippen molar-refractivity contribution < 1.29 is 13.3 Å². The molecule has 0 spiro atoms. The highest BCUT2D eigenvalue weighted by Gasteiger charge is 2.34. The zero-order chi connectivity index (χ0) is 13.5. The van der Waals surface area contributed by atoms with Crippen molar-refractivity contribution in [3.05, 3.63) is 20.5 Å². The molecule has 1 atom stereocenters. The minimum absolute atomic E-state index is 0.117. The van der Waals surface area contributed by atoms with E-state index in [1.165, 1.54) is 4.31 Å². The van der Waals surface area contributed by atoms with E-state index in [2.05, 4.69) is 0 Å². The Morgan fingerprint density at radius 2 is 2.28 bits per heavy atom. The molecule has 1 aliphatic rings. The van der Waals surface area contributed by atoms with E-state index in [4.69, 9.17) is 17.3 Å². The lowest BCUT2D eigenvalue weighted by Crippen LogP contribution is -2.31. The highest BCUT2D eigenvalue weighted by atomic mass is 35.5. The van der Waals surface area contributed by atoms with Crippen LogP contribution in [0.1, 0.15) is 6.42 Å². The van der Waals surface area contributed by atoms with Gasteiger partial charge in [0.1, 0.15) is 4.21 Å². The average molecular weight is 312 g/mol. The fourth-order valence-corrected chi connectivity index (χ4v) is 5.02. The maximum absolute atomic E-state index is 12.2. The largest absolute Gasteiger partial charge is 0.326 e. The zero-order valence-electron chi connectivity index (χ0n) is 9.08. The van der Waals surface area contributed by atoms with Gasteiger partial charge in [0.05, 0.1) is 4.92 Å². The van der Waals surface area contributed by atoms with Gasteiger partial charge in [0, 0.05) is 25.2 Å². The van der Waals surface area contributed by atoms with Crippen LogP contribution >= 0.6 is 22.9 Å². The summed E-state index contributed by atoms with van der Waals surface area (Å²) >= 11 is 6.34. The summed E-state index contributed by atoms with van der Waals surface area (Å²) in [5, 5.41) is 10.6. The Labute approximate surface area is 112 Å². The van der Waals surface area contributed by atoms with Gasteiger partial charge in [-0.1, -0.05) is 11.6 Å². The summed E-state index contributed by atoms with van der Waals surface area (Å²) in [5.74, 6) is 0. The Hall–Kier alpha value is -0.740. The Morgan fingerprint density at radius 3 is 2.72 bits per heavy atom. The minimum atomic E-state index is -3.72. The van der Waals surface area contributed by atoms with Crippen molar-refractivity contribution >= 4 is 38.6 Å². The first-order chi connectivity index (χ1) is 8.32. The zero-order valence-corrected chi connectivity index (χ0v) is 11.5. The predicted octanol–water partition coefficient (Wildman–Crippen LogP) is 1.03. The van der Waals surface area contributed by atoms with Gasteiger partial charge < -0.3 is 5.73 Å². The third kappa shape index (κ3) is 2.36. The van der Waals surface area contributed by atoms with Crippen molar-refractivity contribution in [2.75, 3.05) is 13.1 Å². The van der Waals surface area contributed by atoms with Gasteiger partial charge in [-0.05, 0) is 6.42 Å². The minimum Gasteiger partial charge on any atom is -0.326 e. The fraction of sp³-hybridized carbons (Fsp3) is 0.500. The van der Waals surface area contributed by atoms with Gasteiger partial charge >= 0.3 is 0 Å². The Morgan fingerprint density at radius 1 is 1.61 bits per heavy atom. The molecule has 10 heteroatoms. The monoisotopic (exact) mass is 311 g/mol. The molecule has 2 heterocycles. The number of nitrogens with zero attached hydrogens (tertiary/aromatic N) is 2. The summed E-state index contributed by atoms with van der Waals surface area (Å²) in [6.07, 6.45) is 0.584. The Balaban J connectivity index is 2.36. The third-order valence-corrected chi connectivity index (χ3v) is 6.28. The van der Waals surface area contributed by atoms with Gasteiger partial charge in [-0.15, -0.1) is 11.3 Å². The van der Waals surface area contributed by atoms with Crippen LogP contribution < -0.4 is 5.73 Å². The number of rotatable bonds is 3. The molecule has 18 heavy (non-hydrogen) atoms. The lowest BCUT2D eigenvalue weighted by atomic mass is 10.3. The van der Waals surface area contributed by atoms with Crippen LogP contribution in [0.25, 0.3) is 0 Å². The van der Waals surface area contributed by atoms with Crippen LogP contribution in [0.4, 0.5) is 5.69 Å². The molecule has 1 aromatic rings. The molecule has 1 aromatic heterocycles. The van der Waals surface area contributed by atoms with E-state index < -0.39 is 14.9 Å². The molecular formula is C8H10ClN3O4S2. The number of hydrogen-bond donors (Lipinski definition) is 1.